The molecule has 0 aliphatic carbocycles. The van der Waals surface area contributed by atoms with E-state index in [1.165, 1.54) is 7.11 Å². The predicted octanol–water partition coefficient (Wildman–Crippen LogP) is 0.682. The van der Waals surface area contributed by atoms with Crippen LogP contribution in [0.3, 0.4) is 0 Å². The van der Waals surface area contributed by atoms with Crippen LogP contribution in [0.2, 0.25) is 0 Å². The van der Waals surface area contributed by atoms with Crippen molar-refractivity contribution in [1.29, 1.82) is 0 Å². The molecule has 0 saturated heterocycles. The van der Waals surface area contributed by atoms with Gasteiger partial charge in [-0.3, -0.25) is 9.59 Å². The number of carboxylic acids is 1. The summed E-state index contributed by atoms with van der Waals surface area (Å²) in [7, 11) is 1.53. The van der Waals surface area contributed by atoms with Crippen molar-refractivity contribution in [3.8, 4) is 0 Å². The van der Waals surface area contributed by atoms with Crippen molar-refractivity contribution in [3.05, 3.63) is 35.9 Å². The van der Waals surface area contributed by atoms with E-state index in [0.29, 0.717) is 13.0 Å². The number of rotatable bonds is 8. The molecule has 1 rings (SSSR count). The Bertz CT molecular complexity index is 436. The summed E-state index contributed by atoms with van der Waals surface area (Å²) < 4.78 is 4.86. The third-order valence-corrected chi connectivity index (χ3v) is 2.87. The molecule has 4 N–H and O–H groups in total. The molecule has 1 aromatic carbocycles. The van der Waals surface area contributed by atoms with Gasteiger partial charge in [-0.1, -0.05) is 30.3 Å². The van der Waals surface area contributed by atoms with Gasteiger partial charge in [0.15, 0.2) is 0 Å². The van der Waals surface area contributed by atoms with Crippen LogP contribution in [0, 0.1) is 0 Å². The maximum absolute atomic E-state index is 11.9. The van der Waals surface area contributed by atoms with Crippen molar-refractivity contribution in [2.24, 2.45) is 5.73 Å². The van der Waals surface area contributed by atoms with Gasteiger partial charge in [-0.05, 0) is 12.0 Å². The highest BCUT2D eigenvalue weighted by Crippen LogP contribution is 2.16. The minimum Gasteiger partial charge on any atom is -0.481 e. The lowest BCUT2D eigenvalue weighted by atomic mass is 10.0. The molecule has 2 atom stereocenters. The van der Waals surface area contributed by atoms with Gasteiger partial charge in [0.25, 0.3) is 0 Å². The predicted molar refractivity (Wildman–Crippen MR) is 74.0 cm³/mol. The van der Waals surface area contributed by atoms with Gasteiger partial charge in [-0.15, -0.1) is 0 Å². The Labute approximate surface area is 117 Å². The van der Waals surface area contributed by atoms with Crippen LogP contribution in [0.15, 0.2) is 30.3 Å². The normalized spacial score (nSPS) is 13.5. The monoisotopic (exact) mass is 280 g/mol. The Kier molecular flexibility index (Phi) is 6.69. The van der Waals surface area contributed by atoms with Crippen molar-refractivity contribution in [3.63, 3.8) is 0 Å². The number of methoxy groups -OCH3 is 1. The quantitative estimate of drug-likeness (QED) is 0.650. The molecule has 0 spiro atoms. The third-order valence-electron chi connectivity index (χ3n) is 2.87. The Morgan fingerprint density at radius 3 is 2.55 bits per heavy atom. The number of benzene rings is 1. The average molecular weight is 280 g/mol. The highest BCUT2D eigenvalue weighted by Gasteiger charge is 2.21. The highest BCUT2D eigenvalue weighted by molar-refractivity contribution is 5.82. The Morgan fingerprint density at radius 2 is 2.00 bits per heavy atom. The van der Waals surface area contributed by atoms with Gasteiger partial charge >= 0.3 is 5.97 Å². The summed E-state index contributed by atoms with van der Waals surface area (Å²) in [6.45, 7) is 0.378. The highest BCUT2D eigenvalue weighted by atomic mass is 16.5. The van der Waals surface area contributed by atoms with Crippen molar-refractivity contribution in [1.82, 2.24) is 5.32 Å². The number of aliphatic carboxylic acids is 1. The molecule has 0 fully saturated rings. The van der Waals surface area contributed by atoms with Crippen LogP contribution in [-0.4, -0.2) is 36.7 Å². The Hall–Kier alpha value is -1.92. The zero-order valence-electron chi connectivity index (χ0n) is 11.4. The van der Waals surface area contributed by atoms with Crippen LogP contribution in [-0.2, 0) is 14.3 Å². The summed E-state index contributed by atoms with van der Waals surface area (Å²) >= 11 is 0. The van der Waals surface area contributed by atoms with Gasteiger partial charge in [0.2, 0.25) is 5.91 Å². The molecule has 6 heteroatoms. The number of hydrogen-bond donors (Lipinski definition) is 3. The van der Waals surface area contributed by atoms with Gasteiger partial charge in [-0.2, -0.15) is 0 Å². The van der Waals surface area contributed by atoms with E-state index in [0.717, 1.165) is 5.56 Å². The summed E-state index contributed by atoms with van der Waals surface area (Å²) in [6.07, 6.45) is 0.198. The molecular formula is C14H20N2O4. The first kappa shape index (κ1) is 16.1. The van der Waals surface area contributed by atoms with Gasteiger partial charge in [0.05, 0.1) is 18.5 Å². The van der Waals surface area contributed by atoms with E-state index in [-0.39, 0.29) is 12.3 Å². The summed E-state index contributed by atoms with van der Waals surface area (Å²) in [5.41, 5.74) is 6.46. The van der Waals surface area contributed by atoms with Gasteiger partial charge in [0, 0.05) is 13.7 Å². The lowest BCUT2D eigenvalue weighted by Gasteiger charge is -2.20. The molecule has 2 unspecified atom stereocenters. The fourth-order valence-corrected chi connectivity index (χ4v) is 1.77. The summed E-state index contributed by atoms with van der Waals surface area (Å²) in [5, 5.41) is 11.6. The number of amides is 1. The molecule has 6 nitrogen and oxygen atoms in total. The average Bonchev–Trinajstić information content (AvgIpc) is 2.44. The minimum absolute atomic E-state index is 0.188. The number of ether oxygens (including phenoxy) is 1. The largest absolute Gasteiger partial charge is 0.481 e. The topological polar surface area (TPSA) is 102 Å². The summed E-state index contributed by atoms with van der Waals surface area (Å²) in [5.74, 6) is -1.36. The van der Waals surface area contributed by atoms with E-state index >= 15 is 0 Å². The first-order valence-electron chi connectivity index (χ1n) is 6.36. The molecule has 20 heavy (non-hydrogen) atoms. The standard InChI is InChI=1S/C14H20N2O4/c1-20-8-7-11(15)14(19)16-12(9-13(17)18)10-5-3-2-4-6-10/h2-6,11-12H,7-9,15H2,1H3,(H,16,19)(H,17,18). The summed E-state index contributed by atoms with van der Waals surface area (Å²) in [4.78, 5) is 22.8. The maximum Gasteiger partial charge on any atom is 0.305 e. The van der Waals surface area contributed by atoms with Crippen molar-refractivity contribution in [2.75, 3.05) is 13.7 Å². The molecule has 0 radical (unpaired) electrons. The Morgan fingerprint density at radius 1 is 1.35 bits per heavy atom. The number of nitrogens with two attached hydrogens (primary N) is 1. The van der Waals surface area contributed by atoms with Crippen LogP contribution >= 0.6 is 0 Å². The molecule has 0 saturated carbocycles. The molecule has 0 bridgehead atoms. The van der Waals surface area contributed by atoms with Crippen LogP contribution in [0.25, 0.3) is 0 Å². The van der Waals surface area contributed by atoms with Crippen molar-refractivity contribution in [2.45, 2.75) is 24.9 Å². The first-order valence-corrected chi connectivity index (χ1v) is 6.36. The molecule has 0 aliphatic heterocycles. The number of hydrogen-bond acceptors (Lipinski definition) is 4. The van der Waals surface area contributed by atoms with Crippen LogP contribution in [0.1, 0.15) is 24.4 Å². The zero-order valence-corrected chi connectivity index (χ0v) is 11.4. The fraction of sp³-hybridized carbons (Fsp3) is 0.429. The van der Waals surface area contributed by atoms with E-state index in [2.05, 4.69) is 5.32 Å². The molecule has 110 valence electrons. The molecule has 0 aliphatic rings. The zero-order chi connectivity index (χ0) is 15.0. The second kappa shape index (κ2) is 8.29. The SMILES string of the molecule is COCCC(N)C(=O)NC(CC(=O)O)c1ccccc1. The molecular weight excluding hydrogens is 260 g/mol. The van der Waals surface area contributed by atoms with E-state index in [4.69, 9.17) is 15.6 Å². The number of carbonyl (C=O) groups excluding carboxylic acids is 1. The second-order valence-electron chi connectivity index (χ2n) is 4.46. The lowest BCUT2D eigenvalue weighted by molar-refractivity contribution is -0.137. The van der Waals surface area contributed by atoms with E-state index in [9.17, 15) is 9.59 Å². The number of carboxylic acid groups (broad SMARTS) is 1. The molecule has 0 heterocycles. The van der Waals surface area contributed by atoms with E-state index < -0.39 is 18.1 Å². The smallest absolute Gasteiger partial charge is 0.305 e. The van der Waals surface area contributed by atoms with Crippen LogP contribution in [0.4, 0.5) is 0 Å². The number of nitrogens with one attached hydrogen (secondary N) is 1. The van der Waals surface area contributed by atoms with Crippen molar-refractivity contribution >= 4 is 11.9 Å². The van der Waals surface area contributed by atoms with Crippen molar-refractivity contribution < 1.29 is 19.4 Å². The second-order valence-corrected chi connectivity index (χ2v) is 4.46. The lowest BCUT2D eigenvalue weighted by Crippen LogP contribution is -2.43. The first-order chi connectivity index (χ1) is 9.54. The van der Waals surface area contributed by atoms with E-state index in [1.54, 1.807) is 24.3 Å². The maximum atomic E-state index is 11.9. The van der Waals surface area contributed by atoms with Gasteiger partial charge in [-0.25, -0.2) is 0 Å². The number of carbonyl (C=O) groups is 2. The molecule has 0 aromatic heterocycles. The van der Waals surface area contributed by atoms with Gasteiger partial charge in [0.1, 0.15) is 0 Å². The molecule has 1 amide bonds. The van der Waals surface area contributed by atoms with Crippen LogP contribution < -0.4 is 11.1 Å². The van der Waals surface area contributed by atoms with Gasteiger partial charge < -0.3 is 20.9 Å². The van der Waals surface area contributed by atoms with E-state index in [1.807, 2.05) is 6.07 Å². The Balaban J connectivity index is 2.70. The molecule has 1 aromatic rings. The minimum atomic E-state index is -0.982. The third kappa shape index (κ3) is 5.38. The summed E-state index contributed by atoms with van der Waals surface area (Å²) in [6, 6.07) is 7.66. The fourth-order valence-electron chi connectivity index (χ4n) is 1.77. The van der Waals surface area contributed by atoms with Crippen LogP contribution in [0.5, 0.6) is 0 Å².